The standard InChI is InChI=1S/C19H14BrNO5S/c1-11(22)26-16-10-14(20)12(8-15(16)25-2)9-17-18(23)21(19(24)27-17)13-6-4-3-5-7-13/h3-10H,1-2H3/b17-9-. The lowest BCUT2D eigenvalue weighted by molar-refractivity contribution is -0.132. The summed E-state index contributed by atoms with van der Waals surface area (Å²) in [4.78, 5) is 37.6. The molecule has 2 aromatic rings. The average Bonchev–Trinajstić information content (AvgIpc) is 2.91. The maximum atomic E-state index is 12.7. The van der Waals surface area contributed by atoms with Gasteiger partial charge in [0.25, 0.3) is 11.1 Å². The van der Waals surface area contributed by atoms with E-state index in [9.17, 15) is 14.4 Å². The van der Waals surface area contributed by atoms with E-state index in [0.717, 1.165) is 16.7 Å². The van der Waals surface area contributed by atoms with Gasteiger partial charge in [0.1, 0.15) is 0 Å². The summed E-state index contributed by atoms with van der Waals surface area (Å²) in [6.45, 7) is 1.29. The molecule has 3 rings (SSSR count). The summed E-state index contributed by atoms with van der Waals surface area (Å²) in [7, 11) is 1.45. The van der Waals surface area contributed by atoms with Crippen molar-refractivity contribution < 1.29 is 23.9 Å². The molecule has 0 aromatic heterocycles. The first-order chi connectivity index (χ1) is 12.9. The topological polar surface area (TPSA) is 72.9 Å². The van der Waals surface area contributed by atoms with Crippen LogP contribution < -0.4 is 14.4 Å². The second-order valence-corrected chi connectivity index (χ2v) is 7.32. The summed E-state index contributed by atoms with van der Waals surface area (Å²) in [5, 5.41) is -0.364. The molecular weight excluding hydrogens is 434 g/mol. The predicted molar refractivity (Wildman–Crippen MR) is 107 cm³/mol. The van der Waals surface area contributed by atoms with E-state index in [1.165, 1.54) is 14.0 Å². The Kier molecular flexibility index (Phi) is 5.67. The number of rotatable bonds is 4. The average molecular weight is 448 g/mol. The second-order valence-electron chi connectivity index (χ2n) is 5.47. The van der Waals surface area contributed by atoms with Gasteiger partial charge in [-0.05, 0) is 47.7 Å². The summed E-state index contributed by atoms with van der Waals surface area (Å²) in [5.74, 6) is -0.281. The summed E-state index contributed by atoms with van der Waals surface area (Å²) in [6.07, 6.45) is 1.60. The number of benzene rings is 2. The zero-order chi connectivity index (χ0) is 19.6. The number of anilines is 1. The highest BCUT2D eigenvalue weighted by molar-refractivity contribution is 9.10. The molecule has 0 aliphatic carbocycles. The quantitative estimate of drug-likeness (QED) is 0.386. The van der Waals surface area contributed by atoms with Crippen molar-refractivity contribution in [3.05, 3.63) is 57.4 Å². The monoisotopic (exact) mass is 447 g/mol. The van der Waals surface area contributed by atoms with Crippen LogP contribution >= 0.6 is 27.7 Å². The van der Waals surface area contributed by atoms with Gasteiger partial charge in [0, 0.05) is 11.4 Å². The number of halogens is 1. The molecule has 0 spiro atoms. The molecule has 2 aromatic carbocycles. The smallest absolute Gasteiger partial charge is 0.308 e. The molecule has 138 valence electrons. The number of hydrogen-bond acceptors (Lipinski definition) is 6. The highest BCUT2D eigenvalue weighted by Crippen LogP contribution is 2.39. The molecule has 1 fully saturated rings. The van der Waals surface area contributed by atoms with Gasteiger partial charge in [0.2, 0.25) is 0 Å². The highest BCUT2D eigenvalue weighted by Gasteiger charge is 2.36. The maximum Gasteiger partial charge on any atom is 0.308 e. The SMILES string of the molecule is COc1cc(/C=C2\SC(=O)N(c3ccccc3)C2=O)c(Br)cc1OC(C)=O. The molecule has 1 aliphatic rings. The molecule has 1 aliphatic heterocycles. The number of thioether (sulfide) groups is 1. The van der Waals surface area contributed by atoms with Crippen LogP contribution in [0.1, 0.15) is 12.5 Å². The van der Waals surface area contributed by atoms with Crippen LogP contribution in [0.4, 0.5) is 10.5 Å². The van der Waals surface area contributed by atoms with Crippen molar-refractivity contribution in [3.8, 4) is 11.5 Å². The van der Waals surface area contributed by atoms with Crippen LogP contribution in [0.5, 0.6) is 11.5 Å². The molecule has 0 unspecified atom stereocenters. The van der Waals surface area contributed by atoms with Crippen molar-refractivity contribution in [1.82, 2.24) is 0 Å². The molecule has 0 radical (unpaired) electrons. The number of carbonyl (C=O) groups is 3. The summed E-state index contributed by atoms with van der Waals surface area (Å²) in [5.41, 5.74) is 1.13. The van der Waals surface area contributed by atoms with E-state index in [0.29, 0.717) is 21.5 Å². The third-order valence-corrected chi connectivity index (χ3v) is 5.19. The lowest BCUT2D eigenvalue weighted by Gasteiger charge is -2.12. The Bertz CT molecular complexity index is 958. The van der Waals surface area contributed by atoms with Crippen LogP contribution in [0, 0.1) is 0 Å². The number of amides is 2. The van der Waals surface area contributed by atoms with E-state index in [1.54, 1.807) is 42.5 Å². The van der Waals surface area contributed by atoms with Crippen molar-refractivity contribution >= 4 is 56.6 Å². The van der Waals surface area contributed by atoms with E-state index in [1.807, 2.05) is 6.07 Å². The van der Waals surface area contributed by atoms with E-state index >= 15 is 0 Å². The van der Waals surface area contributed by atoms with E-state index < -0.39 is 11.9 Å². The fraction of sp³-hybridized carbons (Fsp3) is 0.105. The van der Waals surface area contributed by atoms with Crippen LogP contribution in [0.2, 0.25) is 0 Å². The van der Waals surface area contributed by atoms with Gasteiger partial charge < -0.3 is 9.47 Å². The summed E-state index contributed by atoms with van der Waals surface area (Å²) >= 11 is 4.25. The van der Waals surface area contributed by atoms with Gasteiger partial charge >= 0.3 is 5.97 Å². The van der Waals surface area contributed by atoms with E-state index in [4.69, 9.17) is 9.47 Å². The minimum absolute atomic E-state index is 0.256. The normalized spacial score (nSPS) is 15.4. The number of carbonyl (C=O) groups excluding carboxylic acids is 3. The van der Waals surface area contributed by atoms with Gasteiger partial charge in [-0.3, -0.25) is 14.4 Å². The number of ether oxygens (including phenoxy) is 2. The first-order valence-electron chi connectivity index (χ1n) is 7.79. The Morgan fingerprint density at radius 3 is 2.48 bits per heavy atom. The fourth-order valence-electron chi connectivity index (χ4n) is 2.46. The van der Waals surface area contributed by atoms with E-state index in [-0.39, 0.29) is 15.9 Å². The Morgan fingerprint density at radius 2 is 1.85 bits per heavy atom. The highest BCUT2D eigenvalue weighted by atomic mass is 79.9. The van der Waals surface area contributed by atoms with Gasteiger partial charge in [0.05, 0.1) is 17.7 Å². The Labute approximate surface area is 168 Å². The lowest BCUT2D eigenvalue weighted by atomic mass is 10.1. The number of imide groups is 1. The molecule has 0 atom stereocenters. The van der Waals surface area contributed by atoms with Crippen LogP contribution in [0.25, 0.3) is 6.08 Å². The zero-order valence-corrected chi connectivity index (χ0v) is 16.8. The van der Waals surface area contributed by atoms with Crippen LogP contribution in [0.15, 0.2) is 51.8 Å². The summed E-state index contributed by atoms with van der Waals surface area (Å²) in [6, 6.07) is 11.9. The molecule has 6 nitrogen and oxygen atoms in total. The number of nitrogens with zero attached hydrogens (tertiary/aromatic N) is 1. The number of esters is 1. The minimum Gasteiger partial charge on any atom is -0.493 e. The van der Waals surface area contributed by atoms with Gasteiger partial charge in [-0.25, -0.2) is 4.90 Å². The van der Waals surface area contributed by atoms with Crippen LogP contribution in [-0.2, 0) is 9.59 Å². The molecule has 27 heavy (non-hydrogen) atoms. The number of para-hydroxylation sites is 1. The summed E-state index contributed by atoms with van der Waals surface area (Å²) < 4.78 is 10.9. The maximum absolute atomic E-state index is 12.7. The first-order valence-corrected chi connectivity index (χ1v) is 9.40. The van der Waals surface area contributed by atoms with Crippen molar-refractivity contribution in [2.75, 3.05) is 12.0 Å². The largest absolute Gasteiger partial charge is 0.493 e. The van der Waals surface area contributed by atoms with E-state index in [2.05, 4.69) is 15.9 Å². The van der Waals surface area contributed by atoms with Crippen molar-refractivity contribution in [2.24, 2.45) is 0 Å². The fourth-order valence-corrected chi connectivity index (χ4v) is 3.73. The van der Waals surface area contributed by atoms with Crippen LogP contribution in [0.3, 0.4) is 0 Å². The second kappa shape index (κ2) is 7.98. The Hall–Kier alpha value is -2.58. The van der Waals surface area contributed by atoms with Gasteiger partial charge in [-0.1, -0.05) is 34.1 Å². The van der Waals surface area contributed by atoms with Gasteiger partial charge in [-0.2, -0.15) is 0 Å². The van der Waals surface area contributed by atoms with Gasteiger partial charge in [-0.15, -0.1) is 0 Å². The van der Waals surface area contributed by atoms with Gasteiger partial charge in [0.15, 0.2) is 11.5 Å². The molecule has 2 amide bonds. The Morgan fingerprint density at radius 1 is 1.15 bits per heavy atom. The molecule has 1 saturated heterocycles. The molecule has 0 N–H and O–H groups in total. The molecule has 8 heteroatoms. The number of hydrogen-bond donors (Lipinski definition) is 0. The van der Waals surface area contributed by atoms with Crippen molar-refractivity contribution in [2.45, 2.75) is 6.92 Å². The molecule has 1 heterocycles. The third kappa shape index (κ3) is 4.06. The molecular formula is C19H14BrNO5S. The number of methoxy groups -OCH3 is 1. The Balaban J connectivity index is 1.96. The van der Waals surface area contributed by atoms with Crippen molar-refractivity contribution in [1.29, 1.82) is 0 Å². The first kappa shape index (κ1) is 19.2. The van der Waals surface area contributed by atoms with Crippen LogP contribution in [-0.4, -0.2) is 24.2 Å². The van der Waals surface area contributed by atoms with Crippen molar-refractivity contribution in [3.63, 3.8) is 0 Å². The molecule has 0 saturated carbocycles. The lowest BCUT2D eigenvalue weighted by Crippen LogP contribution is -2.27. The third-order valence-electron chi connectivity index (χ3n) is 3.63. The minimum atomic E-state index is -0.475. The molecule has 0 bridgehead atoms. The zero-order valence-electron chi connectivity index (χ0n) is 14.4. The predicted octanol–water partition coefficient (Wildman–Crippen LogP) is 4.62.